The molecule has 1 aromatic rings. The first-order valence-electron chi connectivity index (χ1n) is 5.49. The topological polar surface area (TPSA) is 73.6 Å². The molecule has 1 rings (SSSR count). The lowest BCUT2D eigenvalue weighted by atomic mass is 10.1. The third-order valence-electron chi connectivity index (χ3n) is 2.38. The minimum absolute atomic E-state index is 0.0153. The molecule has 0 radical (unpaired) electrons. The van der Waals surface area contributed by atoms with Crippen molar-refractivity contribution in [3.63, 3.8) is 0 Å². The Morgan fingerprint density at radius 1 is 1.39 bits per heavy atom. The normalized spacial score (nSPS) is 11.1. The zero-order valence-electron chi connectivity index (χ0n) is 11.0. The van der Waals surface area contributed by atoms with Gasteiger partial charge >= 0.3 is 0 Å². The number of rotatable bonds is 6. The maximum atomic E-state index is 11.0. The van der Waals surface area contributed by atoms with Gasteiger partial charge in [0.2, 0.25) is 0 Å². The SMILES string of the molecule is COCC(C)(C)Nc1ccc(OC)cc1[N+](=O)[O-]. The summed E-state index contributed by atoms with van der Waals surface area (Å²) in [6.45, 7) is 4.26. The van der Waals surface area contributed by atoms with Crippen LogP contribution in [0, 0.1) is 10.1 Å². The van der Waals surface area contributed by atoms with Crippen molar-refractivity contribution in [3.05, 3.63) is 28.3 Å². The smallest absolute Gasteiger partial charge is 0.296 e. The Labute approximate surface area is 106 Å². The molecule has 0 aromatic heterocycles. The highest BCUT2D eigenvalue weighted by Crippen LogP contribution is 2.30. The molecule has 1 N–H and O–H groups in total. The van der Waals surface area contributed by atoms with E-state index in [-0.39, 0.29) is 5.69 Å². The van der Waals surface area contributed by atoms with Gasteiger partial charge < -0.3 is 14.8 Å². The van der Waals surface area contributed by atoms with Crippen LogP contribution < -0.4 is 10.1 Å². The van der Waals surface area contributed by atoms with Gasteiger partial charge in [-0.3, -0.25) is 10.1 Å². The lowest BCUT2D eigenvalue weighted by Gasteiger charge is -2.26. The second kappa shape index (κ2) is 5.68. The molecule has 100 valence electrons. The quantitative estimate of drug-likeness (QED) is 0.623. The molecule has 18 heavy (non-hydrogen) atoms. The fourth-order valence-electron chi connectivity index (χ4n) is 1.66. The maximum Gasteiger partial charge on any atom is 0.296 e. The Balaban J connectivity index is 3.05. The van der Waals surface area contributed by atoms with Crippen molar-refractivity contribution in [1.29, 1.82) is 0 Å². The summed E-state index contributed by atoms with van der Waals surface area (Å²) in [5, 5.41) is 14.1. The Kier molecular flexibility index (Phi) is 4.49. The molecule has 0 amide bonds. The lowest BCUT2D eigenvalue weighted by molar-refractivity contribution is -0.384. The number of hydrogen-bond acceptors (Lipinski definition) is 5. The van der Waals surface area contributed by atoms with Gasteiger partial charge in [0.25, 0.3) is 5.69 Å². The summed E-state index contributed by atoms with van der Waals surface area (Å²) < 4.78 is 10.0. The second-order valence-electron chi connectivity index (χ2n) is 4.58. The molecule has 0 aliphatic rings. The molecule has 0 fully saturated rings. The number of anilines is 1. The van der Waals surface area contributed by atoms with Crippen LogP contribution >= 0.6 is 0 Å². The molecular formula is C12H18N2O4. The first kappa shape index (κ1) is 14.2. The number of ether oxygens (including phenoxy) is 2. The van der Waals surface area contributed by atoms with Crippen LogP contribution in [0.3, 0.4) is 0 Å². The van der Waals surface area contributed by atoms with Crippen molar-refractivity contribution in [2.24, 2.45) is 0 Å². The van der Waals surface area contributed by atoms with Crippen molar-refractivity contribution < 1.29 is 14.4 Å². The van der Waals surface area contributed by atoms with E-state index in [1.807, 2.05) is 13.8 Å². The summed E-state index contributed by atoms with van der Waals surface area (Å²) in [4.78, 5) is 10.6. The Bertz CT molecular complexity index is 432. The van der Waals surface area contributed by atoms with Gasteiger partial charge in [-0.15, -0.1) is 0 Å². The summed E-state index contributed by atoms with van der Waals surface area (Å²) in [7, 11) is 3.06. The zero-order valence-corrected chi connectivity index (χ0v) is 11.0. The van der Waals surface area contributed by atoms with Gasteiger partial charge in [-0.1, -0.05) is 0 Å². The number of hydrogen-bond donors (Lipinski definition) is 1. The molecule has 0 spiro atoms. The van der Waals surface area contributed by atoms with Gasteiger partial charge in [0.05, 0.1) is 30.2 Å². The van der Waals surface area contributed by atoms with E-state index in [0.29, 0.717) is 18.0 Å². The largest absolute Gasteiger partial charge is 0.496 e. The van der Waals surface area contributed by atoms with E-state index in [1.165, 1.54) is 13.2 Å². The number of benzene rings is 1. The highest BCUT2D eigenvalue weighted by Gasteiger charge is 2.23. The number of nitrogens with zero attached hydrogens (tertiary/aromatic N) is 1. The van der Waals surface area contributed by atoms with E-state index < -0.39 is 10.5 Å². The van der Waals surface area contributed by atoms with Crippen molar-refractivity contribution in [1.82, 2.24) is 0 Å². The number of nitro groups is 1. The highest BCUT2D eigenvalue weighted by atomic mass is 16.6. The van der Waals surface area contributed by atoms with E-state index >= 15 is 0 Å². The van der Waals surface area contributed by atoms with Crippen LogP contribution in [-0.2, 0) is 4.74 Å². The van der Waals surface area contributed by atoms with Crippen molar-refractivity contribution in [3.8, 4) is 5.75 Å². The molecule has 0 unspecified atom stereocenters. The summed E-state index contributed by atoms with van der Waals surface area (Å²) in [6.07, 6.45) is 0. The molecule has 6 nitrogen and oxygen atoms in total. The molecule has 0 saturated heterocycles. The van der Waals surface area contributed by atoms with E-state index in [0.717, 1.165) is 0 Å². The monoisotopic (exact) mass is 254 g/mol. The van der Waals surface area contributed by atoms with Crippen LogP contribution in [0.4, 0.5) is 11.4 Å². The molecule has 0 saturated carbocycles. The average Bonchev–Trinajstić information content (AvgIpc) is 2.28. The van der Waals surface area contributed by atoms with E-state index in [1.54, 1.807) is 19.2 Å². The first-order valence-corrected chi connectivity index (χ1v) is 5.49. The second-order valence-corrected chi connectivity index (χ2v) is 4.58. The predicted octanol–water partition coefficient (Wildman–Crippen LogP) is 2.44. The molecule has 0 bridgehead atoms. The Morgan fingerprint density at radius 2 is 2.06 bits per heavy atom. The van der Waals surface area contributed by atoms with Crippen LogP contribution in [-0.4, -0.2) is 31.3 Å². The molecule has 0 heterocycles. The predicted molar refractivity (Wildman–Crippen MR) is 69.2 cm³/mol. The highest BCUT2D eigenvalue weighted by molar-refractivity contribution is 5.64. The van der Waals surface area contributed by atoms with Gasteiger partial charge in [0.1, 0.15) is 11.4 Å². The van der Waals surface area contributed by atoms with Gasteiger partial charge in [-0.25, -0.2) is 0 Å². The molecule has 1 aromatic carbocycles. The third-order valence-corrected chi connectivity index (χ3v) is 2.38. The first-order chi connectivity index (χ1) is 8.39. The minimum Gasteiger partial charge on any atom is -0.496 e. The standard InChI is InChI=1S/C12H18N2O4/c1-12(2,8-17-3)13-10-6-5-9(18-4)7-11(10)14(15)16/h5-7,13H,8H2,1-4H3. The van der Waals surface area contributed by atoms with Gasteiger partial charge in [0, 0.05) is 7.11 Å². The Morgan fingerprint density at radius 3 is 2.56 bits per heavy atom. The van der Waals surface area contributed by atoms with Crippen molar-refractivity contribution >= 4 is 11.4 Å². The summed E-state index contributed by atoms with van der Waals surface area (Å²) in [5.41, 5.74) is 0.0371. The van der Waals surface area contributed by atoms with Crippen LogP contribution in [0.25, 0.3) is 0 Å². The summed E-state index contributed by atoms with van der Waals surface area (Å²) >= 11 is 0. The molecule has 6 heteroatoms. The number of nitro benzene ring substituents is 1. The molecular weight excluding hydrogens is 236 g/mol. The number of methoxy groups -OCH3 is 2. The summed E-state index contributed by atoms with van der Waals surface area (Å²) in [6, 6.07) is 4.71. The van der Waals surface area contributed by atoms with E-state index in [9.17, 15) is 10.1 Å². The number of nitrogens with one attached hydrogen (secondary N) is 1. The summed E-state index contributed by atoms with van der Waals surface area (Å²) in [5.74, 6) is 0.455. The molecule has 0 aliphatic carbocycles. The van der Waals surface area contributed by atoms with Crippen LogP contribution in [0.1, 0.15) is 13.8 Å². The average molecular weight is 254 g/mol. The van der Waals surface area contributed by atoms with Gasteiger partial charge in [-0.05, 0) is 26.0 Å². The van der Waals surface area contributed by atoms with Crippen molar-refractivity contribution in [2.75, 3.05) is 26.1 Å². The zero-order chi connectivity index (χ0) is 13.8. The molecule has 0 atom stereocenters. The minimum atomic E-state index is -0.437. The molecule has 0 aliphatic heterocycles. The van der Waals surface area contributed by atoms with Gasteiger partial charge in [0.15, 0.2) is 0 Å². The van der Waals surface area contributed by atoms with E-state index in [2.05, 4.69) is 5.32 Å². The van der Waals surface area contributed by atoms with Gasteiger partial charge in [-0.2, -0.15) is 0 Å². The van der Waals surface area contributed by atoms with E-state index in [4.69, 9.17) is 9.47 Å². The maximum absolute atomic E-state index is 11.0. The van der Waals surface area contributed by atoms with Crippen molar-refractivity contribution in [2.45, 2.75) is 19.4 Å². The lowest BCUT2D eigenvalue weighted by Crippen LogP contribution is -2.36. The Hall–Kier alpha value is -1.82. The third kappa shape index (κ3) is 3.59. The van der Waals surface area contributed by atoms with Crippen LogP contribution in [0.2, 0.25) is 0 Å². The van der Waals surface area contributed by atoms with Crippen LogP contribution in [0.15, 0.2) is 18.2 Å². The van der Waals surface area contributed by atoms with Crippen LogP contribution in [0.5, 0.6) is 5.75 Å². The fourth-order valence-corrected chi connectivity index (χ4v) is 1.66. The fraction of sp³-hybridized carbons (Fsp3) is 0.500.